The number of hydrogen-bond donors (Lipinski definition) is 1. The van der Waals surface area contributed by atoms with E-state index in [1.807, 2.05) is 13.2 Å². The van der Waals surface area contributed by atoms with E-state index in [1.54, 1.807) is 15.8 Å². The summed E-state index contributed by atoms with van der Waals surface area (Å²) in [6, 6.07) is 0.0949. The van der Waals surface area contributed by atoms with E-state index in [0.29, 0.717) is 25.4 Å². The molecule has 2 aliphatic rings. The highest BCUT2D eigenvalue weighted by atomic mass is 16.2. The van der Waals surface area contributed by atoms with Crippen molar-refractivity contribution in [2.75, 3.05) is 6.54 Å². The van der Waals surface area contributed by atoms with Crippen LogP contribution < -0.4 is 5.32 Å². The third kappa shape index (κ3) is 3.43. The lowest BCUT2D eigenvalue weighted by Gasteiger charge is -2.24. The van der Waals surface area contributed by atoms with Gasteiger partial charge in [-0.3, -0.25) is 14.3 Å². The Hall–Kier alpha value is -1.85. The van der Waals surface area contributed by atoms with Crippen molar-refractivity contribution in [2.45, 2.75) is 50.6 Å². The molecule has 21 heavy (non-hydrogen) atoms. The first-order valence-electron chi connectivity index (χ1n) is 7.71. The normalized spacial score (nSPS) is 21.6. The third-order valence-electron chi connectivity index (χ3n) is 4.19. The van der Waals surface area contributed by atoms with E-state index in [-0.39, 0.29) is 17.9 Å². The van der Waals surface area contributed by atoms with Crippen molar-refractivity contribution in [3.05, 3.63) is 18.0 Å². The number of carbonyl (C=O) groups excluding carboxylic acids is 2. The van der Waals surface area contributed by atoms with Gasteiger partial charge in [-0.05, 0) is 37.7 Å². The Bertz CT molecular complexity index is 536. The average Bonchev–Trinajstić information content (AvgIpc) is 2.99. The molecule has 1 saturated heterocycles. The minimum Gasteiger partial charge on any atom is -0.352 e. The number of aromatic nitrogens is 2. The number of rotatable bonds is 5. The van der Waals surface area contributed by atoms with Gasteiger partial charge in [-0.15, -0.1) is 0 Å². The second-order valence-electron chi connectivity index (χ2n) is 6.05. The Morgan fingerprint density at radius 3 is 2.86 bits per heavy atom. The topological polar surface area (TPSA) is 67.2 Å². The lowest BCUT2D eigenvalue weighted by atomic mass is 10.1. The molecule has 0 aromatic carbocycles. The summed E-state index contributed by atoms with van der Waals surface area (Å²) in [6.07, 6.45) is 8.70. The third-order valence-corrected chi connectivity index (χ3v) is 4.19. The van der Waals surface area contributed by atoms with Crippen molar-refractivity contribution in [3.63, 3.8) is 0 Å². The molecule has 0 spiro atoms. The fourth-order valence-corrected chi connectivity index (χ4v) is 2.86. The molecular formula is C15H22N4O2. The molecule has 1 aromatic rings. The Morgan fingerprint density at radius 2 is 2.19 bits per heavy atom. The van der Waals surface area contributed by atoms with Crippen molar-refractivity contribution in [3.8, 4) is 0 Å². The Balaban J connectivity index is 1.53. The number of likely N-dealkylation sites (tertiary alicyclic amines) is 1. The lowest BCUT2D eigenvalue weighted by Crippen LogP contribution is -2.46. The SMILES string of the molecule is Cn1cc(CCC(=O)N2CCCC2C(=O)NC2CC2)cn1. The zero-order chi connectivity index (χ0) is 14.8. The average molecular weight is 290 g/mol. The first-order valence-corrected chi connectivity index (χ1v) is 7.71. The zero-order valence-corrected chi connectivity index (χ0v) is 12.4. The Labute approximate surface area is 124 Å². The van der Waals surface area contributed by atoms with Crippen molar-refractivity contribution in [1.82, 2.24) is 20.0 Å². The number of aryl methyl sites for hydroxylation is 2. The maximum atomic E-state index is 12.4. The van der Waals surface area contributed by atoms with Gasteiger partial charge < -0.3 is 10.2 Å². The van der Waals surface area contributed by atoms with Gasteiger partial charge in [0.2, 0.25) is 11.8 Å². The summed E-state index contributed by atoms with van der Waals surface area (Å²) in [6.45, 7) is 0.703. The highest BCUT2D eigenvalue weighted by Gasteiger charge is 2.36. The van der Waals surface area contributed by atoms with Crippen LogP contribution in [0.1, 0.15) is 37.7 Å². The first kappa shape index (κ1) is 14.1. The second kappa shape index (κ2) is 5.87. The van der Waals surface area contributed by atoms with Gasteiger partial charge in [-0.25, -0.2) is 0 Å². The molecule has 2 amide bonds. The first-order chi connectivity index (χ1) is 10.1. The van der Waals surface area contributed by atoms with Gasteiger partial charge in [-0.1, -0.05) is 0 Å². The molecule has 6 nitrogen and oxygen atoms in total. The molecule has 1 aliphatic heterocycles. The fourth-order valence-electron chi connectivity index (χ4n) is 2.86. The monoisotopic (exact) mass is 290 g/mol. The van der Waals surface area contributed by atoms with Gasteiger partial charge in [0.15, 0.2) is 0 Å². The van der Waals surface area contributed by atoms with E-state index in [1.165, 1.54) is 0 Å². The van der Waals surface area contributed by atoms with E-state index in [2.05, 4.69) is 10.4 Å². The van der Waals surface area contributed by atoms with Gasteiger partial charge in [-0.2, -0.15) is 5.10 Å². The second-order valence-corrected chi connectivity index (χ2v) is 6.05. The summed E-state index contributed by atoms with van der Waals surface area (Å²) in [4.78, 5) is 26.3. The molecule has 114 valence electrons. The summed E-state index contributed by atoms with van der Waals surface area (Å²) in [7, 11) is 1.87. The van der Waals surface area contributed by atoms with Crippen LogP contribution in [0.15, 0.2) is 12.4 Å². The largest absolute Gasteiger partial charge is 0.352 e. The van der Waals surface area contributed by atoms with Crippen molar-refractivity contribution < 1.29 is 9.59 Å². The van der Waals surface area contributed by atoms with Crippen LogP contribution in [-0.2, 0) is 23.1 Å². The summed E-state index contributed by atoms with van der Waals surface area (Å²) in [5, 5.41) is 7.11. The quantitative estimate of drug-likeness (QED) is 0.864. The number of carbonyl (C=O) groups is 2. The predicted molar refractivity (Wildman–Crippen MR) is 77.4 cm³/mol. The highest BCUT2D eigenvalue weighted by Crippen LogP contribution is 2.23. The van der Waals surface area contributed by atoms with Crippen molar-refractivity contribution in [1.29, 1.82) is 0 Å². The van der Waals surface area contributed by atoms with Crippen LogP contribution >= 0.6 is 0 Å². The molecule has 1 aliphatic carbocycles. The van der Waals surface area contributed by atoms with Crippen LogP contribution in [0.4, 0.5) is 0 Å². The summed E-state index contributed by atoms with van der Waals surface area (Å²) in [5.74, 6) is 0.108. The summed E-state index contributed by atoms with van der Waals surface area (Å²) < 4.78 is 1.74. The Kier molecular flexibility index (Phi) is 3.94. The molecule has 0 radical (unpaired) electrons. The fraction of sp³-hybridized carbons (Fsp3) is 0.667. The highest BCUT2D eigenvalue weighted by molar-refractivity contribution is 5.88. The van der Waals surface area contributed by atoms with Crippen LogP contribution in [0.3, 0.4) is 0 Å². The number of nitrogens with zero attached hydrogens (tertiary/aromatic N) is 3. The maximum Gasteiger partial charge on any atom is 0.243 e. The van der Waals surface area contributed by atoms with Crippen LogP contribution in [0, 0.1) is 0 Å². The van der Waals surface area contributed by atoms with Crippen LogP contribution in [0.25, 0.3) is 0 Å². The van der Waals surface area contributed by atoms with Gasteiger partial charge in [0, 0.05) is 32.3 Å². The Morgan fingerprint density at radius 1 is 1.38 bits per heavy atom. The smallest absolute Gasteiger partial charge is 0.243 e. The molecule has 2 fully saturated rings. The van der Waals surface area contributed by atoms with E-state index < -0.39 is 0 Å². The number of hydrogen-bond acceptors (Lipinski definition) is 3. The minimum atomic E-state index is -0.257. The molecular weight excluding hydrogens is 268 g/mol. The molecule has 2 heterocycles. The molecule has 0 bridgehead atoms. The molecule has 1 saturated carbocycles. The van der Waals surface area contributed by atoms with Gasteiger partial charge >= 0.3 is 0 Å². The van der Waals surface area contributed by atoms with E-state index in [0.717, 1.165) is 31.2 Å². The van der Waals surface area contributed by atoms with Gasteiger partial charge in [0.05, 0.1) is 6.20 Å². The zero-order valence-electron chi connectivity index (χ0n) is 12.4. The van der Waals surface area contributed by atoms with Crippen LogP contribution in [0.5, 0.6) is 0 Å². The van der Waals surface area contributed by atoms with Crippen LogP contribution in [0.2, 0.25) is 0 Å². The van der Waals surface area contributed by atoms with Gasteiger partial charge in [0.25, 0.3) is 0 Å². The molecule has 1 N–H and O–H groups in total. The lowest BCUT2D eigenvalue weighted by molar-refractivity contribution is -0.138. The number of amides is 2. The molecule has 6 heteroatoms. The van der Waals surface area contributed by atoms with Crippen molar-refractivity contribution >= 4 is 11.8 Å². The summed E-state index contributed by atoms with van der Waals surface area (Å²) in [5.41, 5.74) is 1.06. The molecule has 3 rings (SSSR count). The minimum absolute atomic E-state index is 0.0322. The van der Waals surface area contributed by atoms with E-state index in [9.17, 15) is 9.59 Å². The predicted octanol–water partition coefficient (Wildman–Crippen LogP) is 0.622. The maximum absolute atomic E-state index is 12.4. The number of nitrogens with one attached hydrogen (secondary N) is 1. The molecule has 1 unspecified atom stereocenters. The standard InChI is InChI=1S/C15H22N4O2/c1-18-10-11(9-16-18)4-7-14(20)19-8-2-3-13(19)15(21)17-12-5-6-12/h9-10,12-13H,2-8H2,1H3,(H,17,21). The van der Waals surface area contributed by atoms with Gasteiger partial charge in [0.1, 0.15) is 6.04 Å². The summed E-state index contributed by atoms with van der Waals surface area (Å²) >= 11 is 0. The van der Waals surface area contributed by atoms with Crippen molar-refractivity contribution in [2.24, 2.45) is 7.05 Å². The van der Waals surface area contributed by atoms with E-state index >= 15 is 0 Å². The molecule has 1 aromatic heterocycles. The van der Waals surface area contributed by atoms with E-state index in [4.69, 9.17) is 0 Å². The molecule has 1 atom stereocenters. The van der Waals surface area contributed by atoms with Crippen LogP contribution in [-0.4, -0.2) is 45.1 Å².